The maximum Gasteiger partial charge on any atom is 0.239 e. The Hall–Kier alpha value is -1.50. The summed E-state index contributed by atoms with van der Waals surface area (Å²) in [7, 11) is 1.78. The van der Waals surface area contributed by atoms with Crippen molar-refractivity contribution in [1.82, 2.24) is 9.88 Å². The van der Waals surface area contributed by atoms with Crippen LogP contribution in [0.1, 0.15) is 12.6 Å². The number of nitrogens with one attached hydrogen (secondary N) is 1. The second-order valence-corrected chi connectivity index (χ2v) is 4.72. The molecule has 1 atom stereocenters. The lowest BCUT2D eigenvalue weighted by Crippen LogP contribution is -2.37. The lowest BCUT2D eigenvalue weighted by molar-refractivity contribution is -0.117. The van der Waals surface area contributed by atoms with Gasteiger partial charge in [-0.05, 0) is 33.0 Å². The van der Waals surface area contributed by atoms with E-state index in [1.807, 2.05) is 26.0 Å². The van der Waals surface area contributed by atoms with Crippen LogP contribution in [0.4, 0.5) is 5.82 Å². The summed E-state index contributed by atoms with van der Waals surface area (Å²) < 4.78 is 5.12. The number of carbonyl (C=O) groups is 1. The number of anilines is 1. The van der Waals surface area contributed by atoms with Gasteiger partial charge in [-0.3, -0.25) is 9.69 Å². The van der Waals surface area contributed by atoms with Crippen molar-refractivity contribution in [3.8, 4) is 0 Å². The van der Waals surface area contributed by atoms with Crippen LogP contribution in [-0.2, 0) is 9.53 Å². The summed E-state index contributed by atoms with van der Waals surface area (Å²) in [5.41, 5.74) is 0.850. The molecule has 0 aliphatic carbocycles. The van der Waals surface area contributed by atoms with Gasteiger partial charge in [0.1, 0.15) is 5.82 Å². The zero-order valence-electron chi connectivity index (χ0n) is 12.3. The van der Waals surface area contributed by atoms with Gasteiger partial charge in [0.15, 0.2) is 0 Å². The minimum absolute atomic E-state index is 0.158. The van der Waals surface area contributed by atoms with E-state index in [1.165, 1.54) is 0 Å². The summed E-state index contributed by atoms with van der Waals surface area (Å²) in [6.07, 6.45) is -0.593. The number of amides is 1. The Kier molecular flexibility index (Phi) is 7.14. The molecule has 112 valence electrons. The van der Waals surface area contributed by atoms with Crippen molar-refractivity contribution in [3.63, 3.8) is 0 Å². The predicted octanol–water partition coefficient (Wildman–Crippen LogP) is 0.658. The van der Waals surface area contributed by atoms with Crippen LogP contribution in [0.5, 0.6) is 0 Å². The van der Waals surface area contributed by atoms with E-state index in [2.05, 4.69) is 10.3 Å². The van der Waals surface area contributed by atoms with Gasteiger partial charge in [-0.1, -0.05) is 6.07 Å². The summed E-state index contributed by atoms with van der Waals surface area (Å²) in [5.74, 6) is 0.382. The van der Waals surface area contributed by atoms with Gasteiger partial charge in [-0.2, -0.15) is 0 Å². The van der Waals surface area contributed by atoms with E-state index >= 15 is 0 Å². The quantitative estimate of drug-likeness (QED) is 0.732. The van der Waals surface area contributed by atoms with E-state index in [4.69, 9.17) is 4.74 Å². The third kappa shape index (κ3) is 6.60. The average Bonchev–Trinajstić information content (AvgIpc) is 2.35. The van der Waals surface area contributed by atoms with Crippen LogP contribution in [-0.4, -0.2) is 60.4 Å². The highest BCUT2D eigenvalue weighted by Crippen LogP contribution is 2.03. The summed E-state index contributed by atoms with van der Waals surface area (Å²) in [6, 6.07) is 5.45. The summed E-state index contributed by atoms with van der Waals surface area (Å²) >= 11 is 0. The predicted molar refractivity (Wildman–Crippen MR) is 77.6 cm³/mol. The first-order chi connectivity index (χ1) is 9.51. The van der Waals surface area contributed by atoms with Crippen LogP contribution in [0.15, 0.2) is 18.2 Å². The highest BCUT2D eigenvalue weighted by Gasteiger charge is 2.12. The normalized spacial score (nSPS) is 12.4. The fourth-order valence-corrected chi connectivity index (χ4v) is 1.77. The van der Waals surface area contributed by atoms with Gasteiger partial charge in [0.05, 0.1) is 19.3 Å². The van der Waals surface area contributed by atoms with Gasteiger partial charge in [0.25, 0.3) is 0 Å². The summed E-state index contributed by atoms with van der Waals surface area (Å²) in [6.45, 7) is 5.17. The van der Waals surface area contributed by atoms with Crippen molar-refractivity contribution in [2.75, 3.05) is 38.7 Å². The van der Waals surface area contributed by atoms with E-state index in [0.29, 0.717) is 19.0 Å². The summed E-state index contributed by atoms with van der Waals surface area (Å²) in [4.78, 5) is 17.8. The fourth-order valence-electron chi connectivity index (χ4n) is 1.77. The molecule has 20 heavy (non-hydrogen) atoms. The Morgan fingerprint density at radius 2 is 2.30 bits per heavy atom. The van der Waals surface area contributed by atoms with Crippen LogP contribution in [0.2, 0.25) is 0 Å². The number of aryl methyl sites for hydroxylation is 1. The zero-order valence-corrected chi connectivity index (χ0v) is 12.3. The number of aliphatic hydroxyl groups is 1. The number of hydrogen-bond acceptors (Lipinski definition) is 5. The molecule has 6 nitrogen and oxygen atoms in total. The molecule has 1 amide bonds. The number of ether oxygens (including phenoxy) is 1. The lowest BCUT2D eigenvalue weighted by atomic mass is 10.3. The van der Waals surface area contributed by atoms with Crippen LogP contribution >= 0.6 is 0 Å². The highest BCUT2D eigenvalue weighted by molar-refractivity contribution is 5.91. The maximum absolute atomic E-state index is 11.8. The van der Waals surface area contributed by atoms with E-state index < -0.39 is 6.10 Å². The number of hydrogen-bond donors (Lipinski definition) is 2. The first-order valence-corrected chi connectivity index (χ1v) is 6.69. The number of rotatable bonds is 8. The number of likely N-dealkylation sites (N-methyl/N-ethyl adjacent to an activating group) is 1. The molecule has 1 aromatic heterocycles. The number of aliphatic hydroxyl groups excluding tert-OH is 1. The van der Waals surface area contributed by atoms with Gasteiger partial charge in [0, 0.05) is 18.8 Å². The standard InChI is InChI=1S/C14H23N3O3/c1-4-20-10-12(18)8-17(3)9-14(19)16-13-7-5-6-11(2)15-13/h5-7,12,18H,4,8-10H2,1-3H3,(H,15,16,19). The Bertz CT molecular complexity index is 426. The van der Waals surface area contributed by atoms with Crippen LogP contribution in [0.25, 0.3) is 0 Å². The van der Waals surface area contributed by atoms with Crippen LogP contribution in [0.3, 0.4) is 0 Å². The second kappa shape index (κ2) is 8.63. The molecule has 0 aromatic carbocycles. The van der Waals surface area contributed by atoms with Crippen molar-refractivity contribution >= 4 is 11.7 Å². The molecule has 1 rings (SSSR count). The van der Waals surface area contributed by atoms with E-state index in [9.17, 15) is 9.90 Å². The Morgan fingerprint density at radius 1 is 1.55 bits per heavy atom. The topological polar surface area (TPSA) is 74.7 Å². The SMILES string of the molecule is CCOCC(O)CN(C)CC(=O)Nc1cccc(C)n1. The highest BCUT2D eigenvalue weighted by atomic mass is 16.5. The average molecular weight is 281 g/mol. The van der Waals surface area contributed by atoms with Crippen molar-refractivity contribution < 1.29 is 14.6 Å². The third-order valence-corrected chi connectivity index (χ3v) is 2.61. The number of pyridine rings is 1. The van der Waals surface area contributed by atoms with Gasteiger partial charge < -0.3 is 15.2 Å². The molecule has 0 aliphatic heterocycles. The van der Waals surface area contributed by atoms with E-state index in [-0.39, 0.29) is 19.1 Å². The molecular formula is C14H23N3O3. The molecule has 1 unspecified atom stereocenters. The molecule has 6 heteroatoms. The Morgan fingerprint density at radius 3 is 2.95 bits per heavy atom. The molecule has 0 fully saturated rings. The number of aromatic nitrogens is 1. The molecule has 0 saturated heterocycles. The molecule has 0 spiro atoms. The molecule has 0 aliphatic rings. The fraction of sp³-hybridized carbons (Fsp3) is 0.571. The van der Waals surface area contributed by atoms with Crippen molar-refractivity contribution in [2.24, 2.45) is 0 Å². The molecule has 1 heterocycles. The Labute approximate surface area is 119 Å². The molecule has 0 bridgehead atoms. The lowest BCUT2D eigenvalue weighted by Gasteiger charge is -2.19. The Balaban J connectivity index is 2.34. The zero-order chi connectivity index (χ0) is 15.0. The van der Waals surface area contributed by atoms with Gasteiger partial charge in [-0.25, -0.2) is 4.98 Å². The molecule has 1 aromatic rings. The van der Waals surface area contributed by atoms with Crippen molar-refractivity contribution in [2.45, 2.75) is 20.0 Å². The molecule has 2 N–H and O–H groups in total. The van der Waals surface area contributed by atoms with Gasteiger partial charge in [-0.15, -0.1) is 0 Å². The minimum Gasteiger partial charge on any atom is -0.389 e. The largest absolute Gasteiger partial charge is 0.389 e. The smallest absolute Gasteiger partial charge is 0.239 e. The van der Waals surface area contributed by atoms with Crippen molar-refractivity contribution in [3.05, 3.63) is 23.9 Å². The van der Waals surface area contributed by atoms with E-state index in [0.717, 1.165) is 5.69 Å². The first kappa shape index (κ1) is 16.6. The monoisotopic (exact) mass is 281 g/mol. The van der Waals surface area contributed by atoms with Gasteiger partial charge in [0.2, 0.25) is 5.91 Å². The van der Waals surface area contributed by atoms with Gasteiger partial charge >= 0.3 is 0 Å². The number of carbonyl (C=O) groups excluding carboxylic acids is 1. The van der Waals surface area contributed by atoms with Crippen molar-refractivity contribution in [1.29, 1.82) is 0 Å². The third-order valence-electron chi connectivity index (χ3n) is 2.61. The van der Waals surface area contributed by atoms with Crippen LogP contribution in [0, 0.1) is 6.92 Å². The molecule has 0 radical (unpaired) electrons. The second-order valence-electron chi connectivity index (χ2n) is 4.72. The molecular weight excluding hydrogens is 258 g/mol. The summed E-state index contributed by atoms with van der Waals surface area (Å²) in [5, 5.41) is 12.4. The maximum atomic E-state index is 11.8. The number of nitrogens with zero attached hydrogens (tertiary/aromatic N) is 2. The van der Waals surface area contributed by atoms with E-state index in [1.54, 1.807) is 18.0 Å². The first-order valence-electron chi connectivity index (χ1n) is 6.69. The molecule has 0 saturated carbocycles. The van der Waals surface area contributed by atoms with Crippen LogP contribution < -0.4 is 5.32 Å². The minimum atomic E-state index is -0.593.